The Kier molecular flexibility index (Phi) is 11.2. The zero-order chi connectivity index (χ0) is 36.9. The van der Waals surface area contributed by atoms with Crippen molar-refractivity contribution >= 4 is 78.4 Å². The van der Waals surface area contributed by atoms with E-state index >= 15 is 0 Å². The van der Waals surface area contributed by atoms with E-state index < -0.39 is 95.8 Å². The Hall–Kier alpha value is -2.29. The van der Waals surface area contributed by atoms with E-state index in [-0.39, 0.29) is 34.0 Å². The van der Waals surface area contributed by atoms with Gasteiger partial charge in [0.05, 0.1) is 25.9 Å². The molecule has 2 aliphatic heterocycles. The zero-order valence-corrected chi connectivity index (χ0v) is 29.9. The topological polar surface area (TPSA) is 359 Å². The number of ether oxygens (including phenoxy) is 2. The summed E-state index contributed by atoms with van der Waals surface area (Å²) in [7, 11) is -4.56. The van der Waals surface area contributed by atoms with Gasteiger partial charge in [0, 0.05) is 0 Å². The van der Waals surface area contributed by atoms with Crippen molar-refractivity contribution in [1.29, 1.82) is 0 Å². The van der Waals surface area contributed by atoms with Crippen molar-refractivity contribution in [2.24, 2.45) is 0 Å². The molecule has 0 amide bonds. The van der Waals surface area contributed by atoms with Gasteiger partial charge in [-0.2, -0.15) is 0 Å². The largest absolute Gasteiger partial charge is 0.780 e. The van der Waals surface area contributed by atoms with Gasteiger partial charge < -0.3 is 74.1 Å². The Bertz CT molecular complexity index is 1910. The highest BCUT2D eigenvalue weighted by Crippen LogP contribution is 2.52. The fraction of sp³-hybridized carbons (Fsp3) is 0.545. The molecular formula is C22H29N10O14P3S2-2. The molecule has 0 saturated carbocycles. The van der Waals surface area contributed by atoms with Crippen LogP contribution in [0.2, 0.25) is 0 Å². The molecule has 24 nitrogen and oxygen atoms in total. The highest BCUT2D eigenvalue weighted by atomic mass is 32.5. The average molecular weight is 815 g/mol. The number of hydrogen-bond acceptors (Lipinski definition) is 23. The molecule has 2 aliphatic rings. The molecule has 0 aromatic carbocycles. The van der Waals surface area contributed by atoms with Gasteiger partial charge in [0.25, 0.3) is 7.37 Å². The second-order valence-electron chi connectivity index (χ2n) is 11.1. The van der Waals surface area contributed by atoms with Crippen molar-refractivity contribution in [3.05, 3.63) is 25.3 Å². The second-order valence-corrected chi connectivity index (χ2v) is 18.8. The SMILES string of the molecule is Nc1ncnc2c1ncn2[C@@H]1O[C@H](COP([O-])(=S)OCP(=O)(O)COP([O-])(=S)OC[C@H]2O[C@@H](n3cnc4c(N)ncnc43)[C@H](O)[C@@H]2O)[C@@H](O)[C@H]1O. The van der Waals surface area contributed by atoms with E-state index in [1.54, 1.807) is 0 Å². The second kappa shape index (κ2) is 14.9. The van der Waals surface area contributed by atoms with Gasteiger partial charge in [0.15, 0.2) is 35.4 Å². The molecule has 4 aromatic heterocycles. The molecule has 51 heavy (non-hydrogen) atoms. The molecule has 0 bridgehead atoms. The third-order valence-corrected chi connectivity index (χ3v) is 12.2. The number of fused-ring (bicyclic) bond motifs is 2. The van der Waals surface area contributed by atoms with Crippen molar-refractivity contribution in [3.63, 3.8) is 0 Å². The first-order valence-corrected chi connectivity index (χ1v) is 21.5. The van der Waals surface area contributed by atoms with Gasteiger partial charge >= 0.3 is 0 Å². The minimum Gasteiger partial charge on any atom is -0.780 e. The van der Waals surface area contributed by atoms with Crippen molar-refractivity contribution in [1.82, 2.24) is 39.0 Å². The minimum absolute atomic E-state index is 0.0716. The van der Waals surface area contributed by atoms with Crippen molar-refractivity contribution in [3.8, 4) is 0 Å². The van der Waals surface area contributed by atoms with Gasteiger partial charge in [-0.25, -0.2) is 29.9 Å². The van der Waals surface area contributed by atoms with Crippen LogP contribution < -0.4 is 21.3 Å². The van der Waals surface area contributed by atoms with Crippen LogP contribution in [-0.2, 0) is 55.7 Å². The van der Waals surface area contributed by atoms with Gasteiger partial charge in [-0.1, -0.05) is 23.6 Å². The van der Waals surface area contributed by atoms with Gasteiger partial charge in [-0.15, -0.1) is 0 Å². The molecule has 10 atom stereocenters. The molecule has 280 valence electrons. The van der Waals surface area contributed by atoms with Gasteiger partial charge in [0.2, 0.25) is 0 Å². The summed E-state index contributed by atoms with van der Waals surface area (Å²) in [6.07, 6.45) is -8.73. The number of aliphatic hydroxyl groups excluding tert-OH is 4. The smallest absolute Gasteiger partial charge is 0.251 e. The standard InChI is InChI=1S/C22H31N10O14P3S2/c23-17-11-19(27-3-25-17)31(5-29-11)21-15(35)13(33)9(45-21)1-41-48(39,50)43-7-47(37,38)8-44-49(40,51)42-2-10-14(34)16(36)22(46-10)32-6-30-12-18(24)26-4-28-20(12)32/h3-6,9-10,13-16,21-22,33-36H,1-2,7-8H2,(H,37,38)(H,39,50)(H,40,51)(H2,23,25,27)(H2,24,26,28)/p-2/t9-,10-,13-,14-,15-,16-,21-,22-,48?,49?/m1/s1. The number of anilines is 2. The molecular weight excluding hydrogens is 785 g/mol. The summed E-state index contributed by atoms with van der Waals surface area (Å²) in [6, 6.07) is 0. The molecule has 9 N–H and O–H groups in total. The number of hydrogen-bond donors (Lipinski definition) is 7. The summed E-state index contributed by atoms with van der Waals surface area (Å²) >= 11 is 9.54. The van der Waals surface area contributed by atoms with Crippen molar-refractivity contribution < 1.29 is 67.2 Å². The lowest BCUT2D eigenvalue weighted by Crippen LogP contribution is -2.34. The maximum absolute atomic E-state index is 12.7. The Balaban J connectivity index is 0.965. The van der Waals surface area contributed by atoms with Crippen LogP contribution in [0.1, 0.15) is 12.5 Å². The summed E-state index contributed by atoms with van der Waals surface area (Å²) in [5.41, 5.74) is 12.4. The highest BCUT2D eigenvalue weighted by molar-refractivity contribution is 8.06. The summed E-state index contributed by atoms with van der Waals surface area (Å²) in [5.74, 6) is 0.143. The number of nitrogen functional groups attached to an aromatic ring is 2. The number of nitrogens with two attached hydrogens (primary N) is 2. The zero-order valence-electron chi connectivity index (χ0n) is 25.6. The van der Waals surface area contributed by atoms with E-state index in [0.717, 1.165) is 0 Å². The van der Waals surface area contributed by atoms with Crippen LogP contribution in [0.4, 0.5) is 11.6 Å². The predicted molar refractivity (Wildman–Crippen MR) is 174 cm³/mol. The van der Waals surface area contributed by atoms with Crippen LogP contribution in [0.15, 0.2) is 25.3 Å². The lowest BCUT2D eigenvalue weighted by Gasteiger charge is -2.31. The highest BCUT2D eigenvalue weighted by Gasteiger charge is 2.46. The maximum Gasteiger partial charge on any atom is 0.251 e. The molecule has 2 saturated heterocycles. The number of aliphatic hydroxyl groups is 4. The van der Waals surface area contributed by atoms with E-state index in [2.05, 4.69) is 29.9 Å². The maximum atomic E-state index is 12.7. The molecule has 0 aliphatic carbocycles. The van der Waals surface area contributed by atoms with Crippen molar-refractivity contribution in [2.45, 2.75) is 49.1 Å². The lowest BCUT2D eigenvalue weighted by molar-refractivity contribution is -0.208. The Labute approximate surface area is 295 Å². The van der Waals surface area contributed by atoms with Crippen molar-refractivity contribution in [2.75, 3.05) is 37.4 Å². The summed E-state index contributed by atoms with van der Waals surface area (Å²) in [6.45, 7) is -10.4. The molecule has 0 spiro atoms. The fourth-order valence-electron chi connectivity index (χ4n) is 5.07. The third kappa shape index (κ3) is 8.28. The molecule has 2 unspecified atom stereocenters. The van der Waals surface area contributed by atoms with E-state index in [0.29, 0.717) is 0 Å². The van der Waals surface area contributed by atoms with Crippen LogP contribution in [-0.4, -0.2) is 127 Å². The Morgan fingerprint density at radius 3 is 1.49 bits per heavy atom. The van der Waals surface area contributed by atoms with E-state index in [9.17, 15) is 39.7 Å². The van der Waals surface area contributed by atoms with Gasteiger partial charge in [0.1, 0.15) is 86.4 Å². The Morgan fingerprint density at radius 2 is 1.10 bits per heavy atom. The molecule has 4 aromatic rings. The molecule has 0 radical (unpaired) electrons. The monoisotopic (exact) mass is 814 g/mol. The average Bonchev–Trinajstić information content (AvgIpc) is 3.84. The fourth-order valence-corrected chi connectivity index (χ4v) is 9.74. The Morgan fingerprint density at radius 1 is 0.706 bits per heavy atom. The number of rotatable bonds is 14. The van der Waals surface area contributed by atoms with Crippen LogP contribution in [0.5, 0.6) is 0 Å². The van der Waals surface area contributed by atoms with Gasteiger partial charge in [-0.05, 0) is 0 Å². The van der Waals surface area contributed by atoms with Crippen LogP contribution in [0.3, 0.4) is 0 Å². The summed E-state index contributed by atoms with van der Waals surface area (Å²) < 4.78 is 46.3. The predicted octanol–water partition coefficient (Wildman–Crippen LogP) is -3.51. The summed E-state index contributed by atoms with van der Waals surface area (Å²) in [4.78, 5) is 59.5. The van der Waals surface area contributed by atoms with Crippen LogP contribution in [0.25, 0.3) is 22.3 Å². The molecule has 29 heteroatoms. The molecule has 6 rings (SSSR count). The lowest BCUT2D eigenvalue weighted by atomic mass is 10.1. The number of aromatic nitrogens is 8. The summed E-state index contributed by atoms with van der Waals surface area (Å²) in [5, 5.41) is 42.1. The number of imidazole rings is 2. The minimum atomic E-state index is -4.56. The van der Waals surface area contributed by atoms with Crippen LogP contribution >= 0.6 is 20.8 Å². The van der Waals surface area contributed by atoms with Gasteiger partial charge in [-0.3, -0.25) is 13.7 Å². The first-order chi connectivity index (χ1) is 24.0. The normalized spacial score (nSPS) is 30.4. The van der Waals surface area contributed by atoms with E-state index in [1.807, 2.05) is 0 Å². The van der Waals surface area contributed by atoms with E-state index in [1.165, 1.54) is 34.4 Å². The van der Waals surface area contributed by atoms with E-state index in [4.69, 9.17) is 62.6 Å². The van der Waals surface area contributed by atoms with Crippen LogP contribution in [0, 0.1) is 0 Å². The molecule has 6 heterocycles. The quantitative estimate of drug-likeness (QED) is 0.0607. The first-order valence-electron chi connectivity index (χ1n) is 14.4. The first kappa shape index (κ1) is 38.4. The molecule has 2 fully saturated rings. The third-order valence-electron chi connectivity index (χ3n) is 7.63. The number of nitrogens with zero attached hydrogens (tertiary/aromatic N) is 8.